The fourth-order valence-corrected chi connectivity index (χ4v) is 3.10. The van der Waals surface area contributed by atoms with Crippen LogP contribution in [0.3, 0.4) is 0 Å². The smallest absolute Gasteiger partial charge is 0.267 e. The van der Waals surface area contributed by atoms with Crippen LogP contribution in [0.4, 0.5) is 5.69 Å². The highest BCUT2D eigenvalue weighted by Gasteiger charge is 2.16. The SMILES string of the molecule is O=C(C=Cc1cccc(C=CC(=O)c2ccccc2N2CCNCC2)c1)NO. The van der Waals surface area contributed by atoms with E-state index < -0.39 is 5.91 Å². The quantitative estimate of drug-likeness (QED) is 0.312. The molecule has 144 valence electrons. The average molecular weight is 377 g/mol. The zero-order chi connectivity index (χ0) is 19.8. The van der Waals surface area contributed by atoms with E-state index in [9.17, 15) is 9.59 Å². The molecule has 3 rings (SSSR count). The topological polar surface area (TPSA) is 81.7 Å². The first-order chi connectivity index (χ1) is 13.7. The first kappa shape index (κ1) is 19.5. The van der Waals surface area contributed by atoms with Gasteiger partial charge in [0.15, 0.2) is 5.78 Å². The van der Waals surface area contributed by atoms with Crippen molar-refractivity contribution < 1.29 is 14.8 Å². The van der Waals surface area contributed by atoms with Gasteiger partial charge in [-0.15, -0.1) is 0 Å². The van der Waals surface area contributed by atoms with E-state index in [1.54, 1.807) is 23.7 Å². The van der Waals surface area contributed by atoms with Crippen molar-refractivity contribution in [2.45, 2.75) is 0 Å². The Morgan fingerprint density at radius 3 is 2.36 bits per heavy atom. The van der Waals surface area contributed by atoms with E-state index in [-0.39, 0.29) is 5.78 Å². The molecule has 0 unspecified atom stereocenters. The minimum absolute atomic E-state index is 0.0465. The molecule has 1 fully saturated rings. The lowest BCUT2D eigenvalue weighted by atomic mass is 10.0. The summed E-state index contributed by atoms with van der Waals surface area (Å²) in [5, 5.41) is 11.9. The van der Waals surface area contributed by atoms with Crippen LogP contribution in [-0.4, -0.2) is 43.1 Å². The Morgan fingerprint density at radius 2 is 1.64 bits per heavy atom. The third kappa shape index (κ3) is 5.16. The van der Waals surface area contributed by atoms with Gasteiger partial charge in [0.1, 0.15) is 0 Å². The summed E-state index contributed by atoms with van der Waals surface area (Å²) in [4.78, 5) is 26.1. The fourth-order valence-electron chi connectivity index (χ4n) is 3.10. The Kier molecular flexibility index (Phi) is 6.73. The average Bonchev–Trinajstić information content (AvgIpc) is 2.76. The van der Waals surface area contributed by atoms with E-state index in [4.69, 9.17) is 5.21 Å². The van der Waals surface area contributed by atoms with Gasteiger partial charge in [-0.1, -0.05) is 36.4 Å². The molecule has 6 heteroatoms. The van der Waals surface area contributed by atoms with Gasteiger partial charge in [-0.25, -0.2) is 5.48 Å². The number of nitrogens with one attached hydrogen (secondary N) is 2. The molecule has 0 spiro atoms. The molecule has 3 N–H and O–H groups in total. The number of hydroxylamine groups is 1. The summed E-state index contributed by atoms with van der Waals surface area (Å²) < 4.78 is 0. The van der Waals surface area contributed by atoms with Crippen LogP contribution in [0.2, 0.25) is 0 Å². The molecule has 0 bridgehead atoms. The molecule has 1 aliphatic rings. The Labute approximate surface area is 164 Å². The molecule has 28 heavy (non-hydrogen) atoms. The second kappa shape index (κ2) is 9.64. The van der Waals surface area contributed by atoms with E-state index in [2.05, 4.69) is 10.2 Å². The number of anilines is 1. The molecule has 2 aromatic carbocycles. The molecule has 1 amide bonds. The Morgan fingerprint density at radius 1 is 0.964 bits per heavy atom. The van der Waals surface area contributed by atoms with Crippen LogP contribution >= 0.6 is 0 Å². The molecular formula is C22H23N3O3. The van der Waals surface area contributed by atoms with Gasteiger partial charge in [0.05, 0.1) is 0 Å². The number of allylic oxidation sites excluding steroid dienone is 1. The molecule has 1 aliphatic heterocycles. The molecule has 0 radical (unpaired) electrons. The molecule has 0 aromatic heterocycles. The summed E-state index contributed by atoms with van der Waals surface area (Å²) in [6.45, 7) is 3.58. The van der Waals surface area contributed by atoms with Crippen LogP contribution in [0.15, 0.2) is 60.7 Å². The van der Waals surface area contributed by atoms with Gasteiger partial charge in [-0.05, 0) is 41.5 Å². The van der Waals surface area contributed by atoms with Crippen molar-refractivity contribution in [1.82, 2.24) is 10.8 Å². The van der Waals surface area contributed by atoms with E-state index in [1.165, 1.54) is 6.08 Å². The zero-order valence-corrected chi connectivity index (χ0v) is 15.5. The van der Waals surface area contributed by atoms with Crippen LogP contribution < -0.4 is 15.7 Å². The third-order valence-corrected chi connectivity index (χ3v) is 4.50. The van der Waals surface area contributed by atoms with E-state index in [0.29, 0.717) is 5.56 Å². The van der Waals surface area contributed by atoms with Crippen LogP contribution in [0.25, 0.3) is 12.2 Å². The lowest BCUT2D eigenvalue weighted by Gasteiger charge is -2.30. The molecule has 6 nitrogen and oxygen atoms in total. The van der Waals surface area contributed by atoms with Gasteiger partial charge < -0.3 is 10.2 Å². The maximum atomic E-state index is 12.8. The van der Waals surface area contributed by atoms with Crippen molar-refractivity contribution in [3.8, 4) is 0 Å². The molecule has 1 saturated heterocycles. The van der Waals surface area contributed by atoms with Crippen molar-refractivity contribution in [3.05, 3.63) is 77.4 Å². The van der Waals surface area contributed by atoms with Crippen LogP contribution in [0.5, 0.6) is 0 Å². The summed E-state index contributed by atoms with van der Waals surface area (Å²) >= 11 is 0. The lowest BCUT2D eigenvalue weighted by Crippen LogP contribution is -2.44. The maximum Gasteiger partial charge on any atom is 0.267 e. The first-order valence-electron chi connectivity index (χ1n) is 9.17. The van der Waals surface area contributed by atoms with Crippen molar-refractivity contribution >= 4 is 29.5 Å². The molecule has 0 aliphatic carbocycles. The van der Waals surface area contributed by atoms with Crippen LogP contribution in [0.1, 0.15) is 21.5 Å². The van der Waals surface area contributed by atoms with E-state index in [0.717, 1.165) is 43.0 Å². The highest BCUT2D eigenvalue weighted by Crippen LogP contribution is 2.22. The van der Waals surface area contributed by atoms with Crippen LogP contribution in [-0.2, 0) is 4.79 Å². The minimum atomic E-state index is -0.597. The number of hydrogen-bond donors (Lipinski definition) is 3. The Bertz CT molecular complexity index is 899. The number of para-hydroxylation sites is 1. The van der Waals surface area contributed by atoms with Gasteiger partial charge in [-0.2, -0.15) is 0 Å². The van der Waals surface area contributed by atoms with Crippen LogP contribution in [0, 0.1) is 0 Å². The number of nitrogens with zero attached hydrogens (tertiary/aromatic N) is 1. The number of benzene rings is 2. The number of hydrogen-bond acceptors (Lipinski definition) is 5. The molecule has 1 heterocycles. The van der Waals surface area contributed by atoms with E-state index in [1.807, 2.05) is 48.5 Å². The van der Waals surface area contributed by atoms with Gasteiger partial charge >= 0.3 is 0 Å². The Balaban J connectivity index is 1.76. The number of amides is 1. The highest BCUT2D eigenvalue weighted by atomic mass is 16.5. The van der Waals surface area contributed by atoms with Crippen molar-refractivity contribution in [1.29, 1.82) is 0 Å². The molecule has 2 aromatic rings. The summed E-state index contributed by atoms with van der Waals surface area (Å²) in [5.41, 5.74) is 4.84. The number of rotatable bonds is 6. The second-order valence-electron chi connectivity index (χ2n) is 6.43. The third-order valence-electron chi connectivity index (χ3n) is 4.50. The van der Waals surface area contributed by atoms with Crippen molar-refractivity contribution in [2.24, 2.45) is 0 Å². The second-order valence-corrected chi connectivity index (χ2v) is 6.43. The predicted molar refractivity (Wildman–Crippen MR) is 110 cm³/mol. The van der Waals surface area contributed by atoms with Gasteiger partial charge in [0, 0.05) is 43.5 Å². The normalized spacial score (nSPS) is 14.5. The van der Waals surface area contributed by atoms with Crippen molar-refractivity contribution in [2.75, 3.05) is 31.1 Å². The monoisotopic (exact) mass is 377 g/mol. The maximum absolute atomic E-state index is 12.8. The fraction of sp³-hybridized carbons (Fsp3) is 0.182. The first-order valence-corrected chi connectivity index (χ1v) is 9.17. The highest BCUT2D eigenvalue weighted by molar-refractivity contribution is 6.10. The lowest BCUT2D eigenvalue weighted by molar-refractivity contribution is -0.124. The summed E-state index contributed by atoms with van der Waals surface area (Å²) in [6.07, 6.45) is 6.16. The standard InChI is InChI=1S/C22H23N3O3/c26-21(19-6-1-2-7-20(19)25-14-12-23-13-15-25)10-8-17-4-3-5-18(16-17)9-11-22(27)24-28/h1-11,16,23,28H,12-15H2,(H,24,27). The Hall–Kier alpha value is -3.22. The summed E-state index contributed by atoms with van der Waals surface area (Å²) in [7, 11) is 0. The molecule has 0 atom stereocenters. The minimum Gasteiger partial charge on any atom is -0.368 e. The van der Waals surface area contributed by atoms with E-state index >= 15 is 0 Å². The van der Waals surface area contributed by atoms with Gasteiger partial charge in [0.2, 0.25) is 0 Å². The zero-order valence-electron chi connectivity index (χ0n) is 15.5. The summed E-state index contributed by atoms with van der Waals surface area (Å²) in [6, 6.07) is 15.1. The number of carbonyl (C=O) groups is 2. The predicted octanol–water partition coefficient (Wildman–Crippen LogP) is 2.51. The molecular weight excluding hydrogens is 354 g/mol. The number of ketones is 1. The summed E-state index contributed by atoms with van der Waals surface area (Å²) in [5.74, 6) is -0.643. The van der Waals surface area contributed by atoms with Gasteiger partial charge in [-0.3, -0.25) is 14.8 Å². The number of piperazine rings is 1. The molecule has 0 saturated carbocycles. The number of carbonyl (C=O) groups excluding carboxylic acids is 2. The van der Waals surface area contributed by atoms with Crippen molar-refractivity contribution in [3.63, 3.8) is 0 Å². The van der Waals surface area contributed by atoms with Gasteiger partial charge in [0.25, 0.3) is 5.91 Å². The largest absolute Gasteiger partial charge is 0.368 e.